The predicted molar refractivity (Wildman–Crippen MR) is 113 cm³/mol. The van der Waals surface area contributed by atoms with Gasteiger partial charge in [-0.05, 0) is 31.5 Å². The summed E-state index contributed by atoms with van der Waals surface area (Å²) in [6.07, 6.45) is 0. The maximum absolute atomic E-state index is 13.2. The maximum Gasteiger partial charge on any atom is 0.244 e. The Bertz CT molecular complexity index is 1050. The molecule has 3 aromatic rings. The molecule has 4 rings (SSSR count). The lowest BCUT2D eigenvalue weighted by Crippen LogP contribution is -2.45. The molecule has 29 heavy (non-hydrogen) atoms. The van der Waals surface area contributed by atoms with Crippen molar-refractivity contribution in [3.05, 3.63) is 66.0 Å². The summed E-state index contributed by atoms with van der Waals surface area (Å²) in [5.74, 6) is 0.459. The number of hydrogen-bond donors (Lipinski definition) is 1. The minimum absolute atomic E-state index is 0.0104. The number of carbonyl (C=O) groups is 2. The van der Waals surface area contributed by atoms with Crippen LogP contribution in [-0.4, -0.2) is 38.4 Å². The van der Waals surface area contributed by atoms with Crippen molar-refractivity contribution in [3.63, 3.8) is 0 Å². The van der Waals surface area contributed by atoms with Crippen LogP contribution in [0.3, 0.4) is 0 Å². The van der Waals surface area contributed by atoms with E-state index < -0.39 is 5.25 Å². The minimum Gasteiger partial charge on any atom is -0.323 e. The fourth-order valence-corrected chi connectivity index (χ4v) is 4.21. The molecule has 1 N–H and O–H groups in total. The van der Waals surface area contributed by atoms with Crippen molar-refractivity contribution >= 4 is 35.0 Å². The van der Waals surface area contributed by atoms with Crippen LogP contribution in [0, 0.1) is 6.92 Å². The smallest absolute Gasteiger partial charge is 0.244 e. The van der Waals surface area contributed by atoms with Gasteiger partial charge in [0, 0.05) is 0 Å². The van der Waals surface area contributed by atoms with E-state index in [1.54, 1.807) is 6.07 Å². The highest BCUT2D eigenvalue weighted by atomic mass is 32.2. The number of nitrogens with one attached hydrogen (secondary N) is 1. The largest absolute Gasteiger partial charge is 0.323 e. The van der Waals surface area contributed by atoms with Gasteiger partial charge in [0.2, 0.25) is 11.8 Å². The van der Waals surface area contributed by atoms with Gasteiger partial charge in [-0.25, -0.2) is 0 Å². The van der Waals surface area contributed by atoms with E-state index in [9.17, 15) is 9.59 Å². The van der Waals surface area contributed by atoms with Crippen LogP contribution in [0.25, 0.3) is 0 Å². The SMILES string of the molecule is Cc1nnc(S[C@@H](C)C(=O)N2CC(=O)Nc3ccccc32)n1Cc1ccccc1. The normalized spacial score (nSPS) is 14.3. The molecule has 1 aliphatic rings. The molecule has 0 spiro atoms. The Morgan fingerprint density at radius 3 is 2.66 bits per heavy atom. The van der Waals surface area contributed by atoms with E-state index in [0.717, 1.165) is 11.4 Å². The lowest BCUT2D eigenvalue weighted by molar-refractivity contribution is -0.121. The Morgan fingerprint density at radius 2 is 1.86 bits per heavy atom. The van der Waals surface area contributed by atoms with Crippen LogP contribution in [0.15, 0.2) is 59.8 Å². The molecular weight excluding hydrogens is 386 g/mol. The molecule has 7 nitrogen and oxygen atoms in total. The number of benzene rings is 2. The summed E-state index contributed by atoms with van der Waals surface area (Å²) in [7, 11) is 0. The van der Waals surface area contributed by atoms with E-state index in [4.69, 9.17) is 0 Å². The molecule has 0 bridgehead atoms. The third-order valence-corrected chi connectivity index (χ3v) is 5.82. The molecule has 1 aliphatic heterocycles. The highest BCUT2D eigenvalue weighted by Gasteiger charge is 2.31. The van der Waals surface area contributed by atoms with Crippen LogP contribution < -0.4 is 10.2 Å². The van der Waals surface area contributed by atoms with Gasteiger partial charge in [0.1, 0.15) is 12.4 Å². The molecule has 1 aromatic heterocycles. The average molecular weight is 407 g/mol. The third kappa shape index (κ3) is 4.02. The third-order valence-electron chi connectivity index (χ3n) is 4.75. The number of aryl methyl sites for hydroxylation is 1. The van der Waals surface area contributed by atoms with Gasteiger partial charge >= 0.3 is 0 Å². The van der Waals surface area contributed by atoms with Crippen molar-refractivity contribution < 1.29 is 9.59 Å². The molecule has 0 aliphatic carbocycles. The van der Waals surface area contributed by atoms with Crippen molar-refractivity contribution in [1.82, 2.24) is 14.8 Å². The predicted octanol–water partition coefficient (Wildman–Crippen LogP) is 3.10. The number of anilines is 2. The first-order valence-corrected chi connectivity index (χ1v) is 10.2. The van der Waals surface area contributed by atoms with Crippen molar-refractivity contribution in [2.75, 3.05) is 16.8 Å². The zero-order chi connectivity index (χ0) is 20.4. The molecule has 0 saturated carbocycles. The molecular formula is C21H21N5O2S. The van der Waals surface area contributed by atoms with Crippen LogP contribution in [0.5, 0.6) is 0 Å². The molecule has 148 valence electrons. The van der Waals surface area contributed by atoms with E-state index in [1.165, 1.54) is 16.7 Å². The fraction of sp³-hybridized carbons (Fsp3) is 0.238. The van der Waals surface area contributed by atoms with E-state index in [2.05, 4.69) is 15.5 Å². The fourth-order valence-electron chi connectivity index (χ4n) is 3.25. The second kappa shape index (κ2) is 8.08. The van der Waals surface area contributed by atoms with Crippen molar-refractivity contribution in [2.45, 2.75) is 30.8 Å². The van der Waals surface area contributed by atoms with Gasteiger partial charge < -0.3 is 9.88 Å². The number of para-hydroxylation sites is 2. The van der Waals surface area contributed by atoms with Gasteiger partial charge in [0.05, 0.1) is 23.2 Å². The monoisotopic (exact) mass is 407 g/mol. The second-order valence-electron chi connectivity index (χ2n) is 6.85. The molecule has 1 atom stereocenters. The van der Waals surface area contributed by atoms with E-state index >= 15 is 0 Å². The summed E-state index contributed by atoms with van der Waals surface area (Å²) in [5, 5.41) is 11.5. The Morgan fingerprint density at radius 1 is 1.14 bits per heavy atom. The number of nitrogens with zero attached hydrogens (tertiary/aromatic N) is 4. The lowest BCUT2D eigenvalue weighted by atomic mass is 10.2. The zero-order valence-electron chi connectivity index (χ0n) is 16.2. The van der Waals surface area contributed by atoms with Crippen LogP contribution in [-0.2, 0) is 16.1 Å². The summed E-state index contributed by atoms with van der Waals surface area (Å²) in [6.45, 7) is 4.38. The average Bonchev–Trinajstić information content (AvgIpc) is 3.06. The van der Waals surface area contributed by atoms with Crippen molar-refractivity contribution in [3.8, 4) is 0 Å². The molecule has 0 radical (unpaired) electrons. The molecule has 2 amide bonds. The summed E-state index contributed by atoms with van der Waals surface area (Å²) >= 11 is 1.35. The number of amides is 2. The topological polar surface area (TPSA) is 80.1 Å². The zero-order valence-corrected chi connectivity index (χ0v) is 17.0. The van der Waals surface area contributed by atoms with E-state index in [0.29, 0.717) is 23.1 Å². The number of carbonyl (C=O) groups excluding carboxylic acids is 2. The summed E-state index contributed by atoms with van der Waals surface area (Å²) in [4.78, 5) is 26.7. The lowest BCUT2D eigenvalue weighted by Gasteiger charge is -2.30. The summed E-state index contributed by atoms with van der Waals surface area (Å²) < 4.78 is 2.00. The van der Waals surface area contributed by atoms with Crippen molar-refractivity contribution in [1.29, 1.82) is 0 Å². The quantitative estimate of drug-likeness (QED) is 0.658. The van der Waals surface area contributed by atoms with Gasteiger partial charge in [0.25, 0.3) is 0 Å². The Hall–Kier alpha value is -3.13. The van der Waals surface area contributed by atoms with E-state index in [1.807, 2.05) is 66.9 Å². The van der Waals surface area contributed by atoms with Gasteiger partial charge in [-0.3, -0.25) is 14.5 Å². The first kappa shape index (κ1) is 19.2. The van der Waals surface area contributed by atoms with Crippen LogP contribution in [0.2, 0.25) is 0 Å². The van der Waals surface area contributed by atoms with Crippen LogP contribution in [0.1, 0.15) is 18.3 Å². The standard InChI is InChI=1S/C21H21N5O2S/c1-14(20(28)26-13-19(27)22-17-10-6-7-11-18(17)26)29-21-24-23-15(2)25(21)12-16-8-4-3-5-9-16/h3-11,14H,12-13H2,1-2H3,(H,22,27)/t14-/m0/s1. The summed E-state index contributed by atoms with van der Waals surface area (Å²) in [5.41, 5.74) is 2.50. The van der Waals surface area contributed by atoms with Gasteiger partial charge in [0.15, 0.2) is 5.16 Å². The number of fused-ring (bicyclic) bond motifs is 1. The summed E-state index contributed by atoms with van der Waals surface area (Å²) in [6, 6.07) is 17.4. The van der Waals surface area contributed by atoms with Gasteiger partial charge in [-0.2, -0.15) is 0 Å². The number of thioether (sulfide) groups is 1. The number of hydrogen-bond acceptors (Lipinski definition) is 5. The first-order chi connectivity index (χ1) is 14.0. The molecule has 0 fully saturated rings. The number of rotatable bonds is 5. The molecule has 0 saturated heterocycles. The van der Waals surface area contributed by atoms with E-state index in [-0.39, 0.29) is 18.4 Å². The van der Waals surface area contributed by atoms with Crippen LogP contribution >= 0.6 is 11.8 Å². The first-order valence-electron chi connectivity index (χ1n) is 9.33. The Labute approximate surface area is 173 Å². The Kier molecular flexibility index (Phi) is 5.35. The molecule has 2 heterocycles. The highest BCUT2D eigenvalue weighted by molar-refractivity contribution is 8.00. The molecule has 2 aromatic carbocycles. The highest BCUT2D eigenvalue weighted by Crippen LogP contribution is 2.32. The van der Waals surface area contributed by atoms with Gasteiger partial charge in [-0.1, -0.05) is 54.2 Å². The minimum atomic E-state index is -0.424. The Balaban J connectivity index is 1.54. The number of aromatic nitrogens is 3. The van der Waals surface area contributed by atoms with Crippen LogP contribution in [0.4, 0.5) is 11.4 Å². The van der Waals surface area contributed by atoms with Gasteiger partial charge in [-0.15, -0.1) is 10.2 Å². The molecule has 8 heteroatoms. The second-order valence-corrected chi connectivity index (χ2v) is 8.16. The molecule has 0 unspecified atom stereocenters. The van der Waals surface area contributed by atoms with Crippen molar-refractivity contribution in [2.24, 2.45) is 0 Å². The maximum atomic E-state index is 13.2.